The molecule has 2 aromatic carbocycles. The van der Waals surface area contributed by atoms with Crippen LogP contribution in [0.1, 0.15) is 24.0 Å². The summed E-state index contributed by atoms with van der Waals surface area (Å²) in [5.41, 5.74) is 5.52. The van der Waals surface area contributed by atoms with Gasteiger partial charge in [-0.25, -0.2) is 0 Å². The lowest BCUT2D eigenvalue weighted by molar-refractivity contribution is 0.239. The van der Waals surface area contributed by atoms with Gasteiger partial charge in [-0.15, -0.1) is 0 Å². The first-order valence-electron chi connectivity index (χ1n) is 8.92. The van der Waals surface area contributed by atoms with E-state index >= 15 is 0 Å². The number of likely N-dealkylation sites (N-methyl/N-ethyl adjacent to an activating group) is 1. The van der Waals surface area contributed by atoms with Crippen molar-refractivity contribution in [3.8, 4) is 0 Å². The number of hydrogen-bond donors (Lipinski definition) is 0. The summed E-state index contributed by atoms with van der Waals surface area (Å²) in [6, 6.07) is 21.4. The predicted octanol–water partition coefficient (Wildman–Crippen LogP) is 3.58. The van der Waals surface area contributed by atoms with Crippen molar-refractivity contribution in [2.45, 2.75) is 12.8 Å². The molecule has 0 atom stereocenters. The molecule has 2 aromatic rings. The van der Waals surface area contributed by atoms with Crippen LogP contribution in [0.5, 0.6) is 0 Å². The summed E-state index contributed by atoms with van der Waals surface area (Å²) in [6.45, 7) is 3.76. The van der Waals surface area contributed by atoms with Gasteiger partial charge < -0.3 is 9.80 Å². The van der Waals surface area contributed by atoms with Gasteiger partial charge >= 0.3 is 6.41 Å². The van der Waals surface area contributed by atoms with Gasteiger partial charge in [-0.2, -0.15) is 0 Å². The van der Waals surface area contributed by atoms with E-state index < -0.39 is 0 Å². The smallest absolute Gasteiger partial charge is 0.311 e. The SMILES string of the molecule is CN([C]=O)CCN1CCC(=C(c2ccccc2)c2ccccc2)CC1. The first-order chi connectivity index (χ1) is 12.3. The van der Waals surface area contributed by atoms with Gasteiger partial charge in [0.15, 0.2) is 0 Å². The molecule has 1 heterocycles. The average Bonchev–Trinajstić information content (AvgIpc) is 2.69. The fourth-order valence-corrected chi connectivity index (χ4v) is 3.42. The van der Waals surface area contributed by atoms with E-state index in [1.54, 1.807) is 11.9 Å². The highest BCUT2D eigenvalue weighted by atomic mass is 16.1. The van der Waals surface area contributed by atoms with Crippen molar-refractivity contribution in [2.75, 3.05) is 33.2 Å². The Morgan fingerprint density at radius 3 is 1.96 bits per heavy atom. The van der Waals surface area contributed by atoms with E-state index in [0.29, 0.717) is 0 Å². The highest BCUT2D eigenvalue weighted by molar-refractivity contribution is 5.82. The van der Waals surface area contributed by atoms with Crippen molar-refractivity contribution < 1.29 is 4.79 Å². The Hall–Kier alpha value is -2.39. The average molecular weight is 333 g/mol. The number of amides is 1. The van der Waals surface area contributed by atoms with Gasteiger partial charge in [-0.3, -0.25) is 4.79 Å². The lowest BCUT2D eigenvalue weighted by atomic mass is 9.88. The molecule has 1 saturated heterocycles. The lowest BCUT2D eigenvalue weighted by Crippen LogP contribution is -2.37. The Bertz CT molecular complexity index is 658. The Labute approximate surface area is 150 Å². The first-order valence-corrected chi connectivity index (χ1v) is 8.92. The third-order valence-corrected chi connectivity index (χ3v) is 4.85. The van der Waals surface area contributed by atoms with E-state index in [1.165, 1.54) is 22.3 Å². The lowest BCUT2D eigenvalue weighted by Gasteiger charge is -2.30. The molecular formula is C22H25N2O. The van der Waals surface area contributed by atoms with Crippen molar-refractivity contribution in [1.82, 2.24) is 9.80 Å². The molecule has 1 aliphatic heterocycles. The molecule has 1 aliphatic rings. The number of likely N-dealkylation sites (tertiary alicyclic amines) is 1. The maximum absolute atomic E-state index is 10.6. The predicted molar refractivity (Wildman–Crippen MR) is 103 cm³/mol. The number of carbonyl (C=O) groups excluding carboxylic acids is 1. The molecule has 0 aliphatic carbocycles. The number of piperidine rings is 1. The van der Waals surface area contributed by atoms with E-state index in [2.05, 4.69) is 65.6 Å². The molecule has 25 heavy (non-hydrogen) atoms. The van der Waals surface area contributed by atoms with Crippen LogP contribution in [0.2, 0.25) is 0 Å². The minimum atomic E-state index is 0.743. The Morgan fingerprint density at radius 1 is 0.960 bits per heavy atom. The molecule has 0 spiro atoms. The van der Waals surface area contributed by atoms with E-state index in [-0.39, 0.29) is 0 Å². The van der Waals surface area contributed by atoms with Crippen LogP contribution < -0.4 is 0 Å². The second-order valence-electron chi connectivity index (χ2n) is 6.57. The molecule has 3 heteroatoms. The summed E-state index contributed by atoms with van der Waals surface area (Å²) in [7, 11) is 1.78. The van der Waals surface area contributed by atoms with Gasteiger partial charge in [0.1, 0.15) is 0 Å². The number of nitrogens with zero attached hydrogens (tertiary/aromatic N) is 2. The summed E-state index contributed by atoms with van der Waals surface area (Å²) >= 11 is 0. The zero-order valence-corrected chi connectivity index (χ0v) is 14.8. The molecule has 129 valence electrons. The third-order valence-electron chi connectivity index (χ3n) is 4.85. The second kappa shape index (κ2) is 8.63. The fraction of sp³-hybridized carbons (Fsp3) is 0.318. The maximum Gasteiger partial charge on any atom is 0.311 e. The third kappa shape index (κ3) is 4.58. The van der Waals surface area contributed by atoms with Gasteiger partial charge in [0.25, 0.3) is 0 Å². The normalized spacial score (nSPS) is 15.0. The topological polar surface area (TPSA) is 23.6 Å². The van der Waals surface area contributed by atoms with Crippen LogP contribution in [0.4, 0.5) is 0 Å². The van der Waals surface area contributed by atoms with Gasteiger partial charge in [0.2, 0.25) is 0 Å². The molecule has 0 aromatic heterocycles. The maximum atomic E-state index is 10.6. The summed E-state index contributed by atoms with van der Waals surface area (Å²) in [6.07, 6.45) is 4.08. The van der Waals surface area contributed by atoms with E-state index in [4.69, 9.17) is 0 Å². The highest BCUT2D eigenvalue weighted by Gasteiger charge is 2.19. The van der Waals surface area contributed by atoms with Crippen LogP contribution in [-0.2, 0) is 4.79 Å². The van der Waals surface area contributed by atoms with Crippen molar-refractivity contribution >= 4 is 12.0 Å². The largest absolute Gasteiger partial charge is 0.336 e. The van der Waals surface area contributed by atoms with Gasteiger partial charge in [0.05, 0.1) is 0 Å². The van der Waals surface area contributed by atoms with E-state index in [0.717, 1.165) is 39.0 Å². The van der Waals surface area contributed by atoms with Crippen LogP contribution in [0.25, 0.3) is 5.57 Å². The van der Waals surface area contributed by atoms with Crippen molar-refractivity contribution in [2.24, 2.45) is 0 Å². The summed E-state index contributed by atoms with van der Waals surface area (Å²) in [5, 5.41) is 0. The van der Waals surface area contributed by atoms with Crippen LogP contribution in [0, 0.1) is 0 Å². The molecule has 3 nitrogen and oxygen atoms in total. The van der Waals surface area contributed by atoms with E-state index in [9.17, 15) is 4.79 Å². The molecule has 0 N–H and O–H groups in total. The van der Waals surface area contributed by atoms with Crippen LogP contribution in [0.3, 0.4) is 0 Å². The molecule has 1 amide bonds. The van der Waals surface area contributed by atoms with Gasteiger partial charge in [-0.1, -0.05) is 66.2 Å². The fourth-order valence-electron chi connectivity index (χ4n) is 3.42. The highest BCUT2D eigenvalue weighted by Crippen LogP contribution is 2.32. The van der Waals surface area contributed by atoms with Crippen molar-refractivity contribution in [3.63, 3.8) is 0 Å². The van der Waals surface area contributed by atoms with Crippen LogP contribution >= 0.6 is 0 Å². The van der Waals surface area contributed by atoms with E-state index in [1.807, 2.05) is 6.41 Å². The quantitative estimate of drug-likeness (QED) is 0.754. The monoisotopic (exact) mass is 333 g/mol. The number of benzene rings is 2. The summed E-state index contributed by atoms with van der Waals surface area (Å²) < 4.78 is 0. The molecule has 0 unspecified atom stereocenters. The van der Waals surface area contributed by atoms with Gasteiger partial charge in [-0.05, 0) is 29.5 Å². The number of hydrogen-bond acceptors (Lipinski definition) is 2. The zero-order chi connectivity index (χ0) is 17.5. The molecule has 0 saturated carbocycles. The Balaban J connectivity index is 1.79. The van der Waals surface area contributed by atoms with Crippen LogP contribution in [0.15, 0.2) is 66.2 Å². The minimum absolute atomic E-state index is 0.743. The molecule has 1 fully saturated rings. The second-order valence-corrected chi connectivity index (χ2v) is 6.57. The molecule has 3 rings (SSSR count). The Kier molecular flexibility index (Phi) is 6.02. The van der Waals surface area contributed by atoms with Gasteiger partial charge in [0, 0.05) is 33.2 Å². The molecule has 0 bridgehead atoms. The first kappa shape index (κ1) is 17.4. The molecule has 1 radical (unpaired) electrons. The summed E-state index contributed by atoms with van der Waals surface area (Å²) in [4.78, 5) is 14.6. The zero-order valence-electron chi connectivity index (χ0n) is 14.8. The molecular weight excluding hydrogens is 308 g/mol. The van der Waals surface area contributed by atoms with Crippen LogP contribution in [-0.4, -0.2) is 49.4 Å². The van der Waals surface area contributed by atoms with Crippen molar-refractivity contribution in [1.29, 1.82) is 0 Å². The van der Waals surface area contributed by atoms with Crippen molar-refractivity contribution in [3.05, 3.63) is 77.4 Å². The Morgan fingerprint density at radius 2 is 1.48 bits per heavy atom. The standard InChI is InChI=1S/C22H25N2O/c1-23(18-25)16-17-24-14-12-21(13-15-24)22(19-8-4-2-5-9-19)20-10-6-3-7-11-20/h2-11H,12-17H2,1H3. The minimum Gasteiger partial charge on any atom is -0.336 e. The number of rotatable bonds is 6. The summed E-state index contributed by atoms with van der Waals surface area (Å²) in [5.74, 6) is 0.